The van der Waals surface area contributed by atoms with E-state index in [1.165, 1.54) is 17.4 Å². The number of hydrogen-bond donors (Lipinski definition) is 1. The molecule has 0 spiro atoms. The summed E-state index contributed by atoms with van der Waals surface area (Å²) < 4.78 is 18.4. The van der Waals surface area contributed by atoms with Crippen LogP contribution in [0.2, 0.25) is 0 Å². The molecule has 1 saturated carbocycles. The lowest BCUT2D eigenvalue weighted by atomic mass is 10.1. The maximum absolute atomic E-state index is 13.1. The van der Waals surface area contributed by atoms with Crippen molar-refractivity contribution in [3.05, 3.63) is 51.6 Å². The van der Waals surface area contributed by atoms with Crippen molar-refractivity contribution in [3.63, 3.8) is 0 Å². The average Bonchev–Trinajstić information content (AvgIpc) is 3.18. The number of thiazole rings is 1. The fourth-order valence-corrected chi connectivity index (χ4v) is 3.47. The SMILES string of the molecule is Cc1onc(-c2ccc(F)cn2)c1CCc1ncc(C(=O)NC2CC2)s1. The normalized spacial score (nSPS) is 13.8. The fourth-order valence-electron chi connectivity index (χ4n) is 2.65. The van der Waals surface area contributed by atoms with Gasteiger partial charge in [-0.2, -0.15) is 0 Å². The molecule has 1 amide bonds. The first-order chi connectivity index (χ1) is 12.6. The van der Waals surface area contributed by atoms with E-state index < -0.39 is 5.82 Å². The van der Waals surface area contributed by atoms with Crippen molar-refractivity contribution in [2.75, 3.05) is 0 Å². The third-order valence-electron chi connectivity index (χ3n) is 4.23. The van der Waals surface area contributed by atoms with Crippen LogP contribution in [0.1, 0.15) is 38.8 Å². The number of rotatable bonds is 6. The van der Waals surface area contributed by atoms with E-state index in [1.54, 1.807) is 12.3 Å². The molecular weight excluding hydrogens is 355 g/mol. The fraction of sp³-hybridized carbons (Fsp3) is 0.333. The quantitative estimate of drug-likeness (QED) is 0.718. The summed E-state index contributed by atoms with van der Waals surface area (Å²) in [6.45, 7) is 1.84. The van der Waals surface area contributed by atoms with Crippen LogP contribution in [0.25, 0.3) is 11.4 Å². The second-order valence-electron chi connectivity index (χ2n) is 6.29. The van der Waals surface area contributed by atoms with Gasteiger partial charge < -0.3 is 9.84 Å². The van der Waals surface area contributed by atoms with E-state index in [-0.39, 0.29) is 5.91 Å². The van der Waals surface area contributed by atoms with Crippen molar-refractivity contribution in [2.45, 2.75) is 38.6 Å². The Morgan fingerprint density at radius 3 is 2.88 bits per heavy atom. The molecule has 6 nitrogen and oxygen atoms in total. The average molecular weight is 372 g/mol. The first kappa shape index (κ1) is 16.8. The molecule has 1 aliphatic carbocycles. The summed E-state index contributed by atoms with van der Waals surface area (Å²) in [7, 11) is 0. The standard InChI is InChI=1S/C18H17FN4O2S/c1-10-13(17(23-25-10)14-6-2-11(19)8-20-14)5-7-16-21-9-15(26-16)18(24)22-12-3-4-12/h2,6,8-9,12H,3-5,7H2,1H3,(H,22,24). The Labute approximate surface area is 153 Å². The minimum Gasteiger partial charge on any atom is -0.361 e. The molecule has 0 saturated heterocycles. The highest BCUT2D eigenvalue weighted by molar-refractivity contribution is 7.13. The van der Waals surface area contributed by atoms with E-state index in [2.05, 4.69) is 20.4 Å². The second-order valence-corrected chi connectivity index (χ2v) is 7.41. The number of carbonyl (C=O) groups is 1. The number of aromatic nitrogens is 3. The Morgan fingerprint density at radius 2 is 2.15 bits per heavy atom. The maximum atomic E-state index is 13.1. The van der Waals surface area contributed by atoms with Gasteiger partial charge in [0, 0.05) is 18.0 Å². The summed E-state index contributed by atoms with van der Waals surface area (Å²) in [6, 6.07) is 3.26. The molecule has 134 valence electrons. The molecule has 1 aliphatic rings. The molecule has 0 bridgehead atoms. The van der Waals surface area contributed by atoms with Crippen molar-refractivity contribution in [3.8, 4) is 11.4 Å². The zero-order valence-corrected chi connectivity index (χ0v) is 15.0. The van der Waals surface area contributed by atoms with Gasteiger partial charge in [-0.3, -0.25) is 9.78 Å². The van der Waals surface area contributed by atoms with Crippen LogP contribution in [0.15, 0.2) is 29.0 Å². The summed E-state index contributed by atoms with van der Waals surface area (Å²) >= 11 is 1.40. The van der Waals surface area contributed by atoms with Crippen molar-refractivity contribution in [1.82, 2.24) is 20.4 Å². The molecule has 0 radical (unpaired) electrons. The zero-order valence-electron chi connectivity index (χ0n) is 14.2. The van der Waals surface area contributed by atoms with Gasteiger partial charge in [-0.05, 0) is 38.3 Å². The third kappa shape index (κ3) is 3.65. The Bertz CT molecular complexity index is 931. The van der Waals surface area contributed by atoms with E-state index in [4.69, 9.17) is 4.52 Å². The first-order valence-corrected chi connectivity index (χ1v) is 9.24. The van der Waals surface area contributed by atoms with Gasteiger partial charge in [0.25, 0.3) is 5.91 Å². The van der Waals surface area contributed by atoms with Crippen LogP contribution in [-0.2, 0) is 12.8 Å². The van der Waals surface area contributed by atoms with E-state index in [0.717, 1.165) is 29.6 Å². The number of amides is 1. The number of nitrogens with one attached hydrogen (secondary N) is 1. The minimum atomic E-state index is -0.393. The number of hydrogen-bond acceptors (Lipinski definition) is 6. The number of carbonyl (C=O) groups excluding carboxylic acids is 1. The molecule has 8 heteroatoms. The van der Waals surface area contributed by atoms with Crippen molar-refractivity contribution in [2.24, 2.45) is 0 Å². The van der Waals surface area contributed by atoms with Crippen LogP contribution >= 0.6 is 11.3 Å². The van der Waals surface area contributed by atoms with Crippen LogP contribution in [-0.4, -0.2) is 27.1 Å². The topological polar surface area (TPSA) is 80.9 Å². The number of pyridine rings is 1. The highest BCUT2D eigenvalue weighted by atomic mass is 32.1. The summed E-state index contributed by atoms with van der Waals surface area (Å²) in [6.07, 6.45) is 6.22. The highest BCUT2D eigenvalue weighted by Crippen LogP contribution is 2.26. The maximum Gasteiger partial charge on any atom is 0.263 e. The van der Waals surface area contributed by atoms with E-state index in [9.17, 15) is 9.18 Å². The van der Waals surface area contributed by atoms with E-state index in [0.29, 0.717) is 40.9 Å². The van der Waals surface area contributed by atoms with Crippen LogP contribution < -0.4 is 5.32 Å². The van der Waals surface area contributed by atoms with Gasteiger partial charge in [-0.15, -0.1) is 11.3 Å². The molecule has 3 aromatic rings. The molecule has 1 fully saturated rings. The minimum absolute atomic E-state index is 0.0476. The lowest BCUT2D eigenvalue weighted by Crippen LogP contribution is -2.24. The van der Waals surface area contributed by atoms with Gasteiger partial charge in [-0.1, -0.05) is 5.16 Å². The summed E-state index contributed by atoms with van der Waals surface area (Å²) in [5, 5.41) is 7.90. The molecular formula is C18H17FN4O2S. The van der Waals surface area contributed by atoms with Crippen LogP contribution in [0.5, 0.6) is 0 Å². The summed E-state index contributed by atoms with van der Waals surface area (Å²) in [5.74, 6) is 0.262. The molecule has 3 heterocycles. The second kappa shape index (κ2) is 6.95. The van der Waals surface area contributed by atoms with Crippen LogP contribution in [0.4, 0.5) is 4.39 Å². The summed E-state index contributed by atoms with van der Waals surface area (Å²) in [4.78, 5) is 21.1. The van der Waals surface area contributed by atoms with Gasteiger partial charge in [0.15, 0.2) is 0 Å². The Hall–Kier alpha value is -2.61. The van der Waals surface area contributed by atoms with Crippen molar-refractivity contribution in [1.29, 1.82) is 0 Å². The Morgan fingerprint density at radius 1 is 1.31 bits per heavy atom. The lowest BCUT2D eigenvalue weighted by Gasteiger charge is -2.01. The van der Waals surface area contributed by atoms with Crippen molar-refractivity contribution < 1.29 is 13.7 Å². The smallest absolute Gasteiger partial charge is 0.263 e. The molecule has 0 atom stereocenters. The van der Waals surface area contributed by atoms with E-state index in [1.807, 2.05) is 6.92 Å². The van der Waals surface area contributed by atoms with Gasteiger partial charge in [-0.25, -0.2) is 9.37 Å². The third-order valence-corrected chi connectivity index (χ3v) is 5.29. The van der Waals surface area contributed by atoms with E-state index >= 15 is 0 Å². The molecule has 4 rings (SSSR count). The van der Waals surface area contributed by atoms with Gasteiger partial charge >= 0.3 is 0 Å². The zero-order chi connectivity index (χ0) is 18.1. The number of aryl methyl sites for hydroxylation is 2. The van der Waals surface area contributed by atoms with Gasteiger partial charge in [0.05, 0.1) is 23.1 Å². The molecule has 0 unspecified atom stereocenters. The molecule has 26 heavy (non-hydrogen) atoms. The Kier molecular flexibility index (Phi) is 4.50. The number of nitrogens with zero attached hydrogens (tertiary/aromatic N) is 3. The monoisotopic (exact) mass is 372 g/mol. The first-order valence-electron chi connectivity index (χ1n) is 8.43. The molecule has 0 aromatic carbocycles. The summed E-state index contributed by atoms with van der Waals surface area (Å²) in [5.41, 5.74) is 2.11. The Balaban J connectivity index is 1.46. The largest absolute Gasteiger partial charge is 0.361 e. The van der Waals surface area contributed by atoms with Crippen LogP contribution in [0, 0.1) is 12.7 Å². The van der Waals surface area contributed by atoms with Crippen LogP contribution in [0.3, 0.4) is 0 Å². The lowest BCUT2D eigenvalue weighted by molar-refractivity contribution is 0.0955. The van der Waals surface area contributed by atoms with Gasteiger partial charge in [0.1, 0.15) is 22.1 Å². The predicted octanol–water partition coefficient (Wildman–Crippen LogP) is 3.32. The molecule has 1 N–H and O–H groups in total. The predicted molar refractivity (Wildman–Crippen MR) is 94.4 cm³/mol. The number of halogens is 1. The highest BCUT2D eigenvalue weighted by Gasteiger charge is 2.24. The molecule has 3 aromatic heterocycles. The molecule has 0 aliphatic heterocycles. The van der Waals surface area contributed by atoms with Gasteiger partial charge in [0.2, 0.25) is 0 Å². The van der Waals surface area contributed by atoms with Crippen molar-refractivity contribution >= 4 is 17.2 Å².